The molecule has 1 amide bonds. The summed E-state index contributed by atoms with van der Waals surface area (Å²) < 4.78 is 12.0. The van der Waals surface area contributed by atoms with Gasteiger partial charge >= 0.3 is 0 Å². The van der Waals surface area contributed by atoms with Gasteiger partial charge < -0.3 is 25.4 Å². The SMILES string of the molecule is CC1(C)NC(=O)c2cc3c(Oc4ccc(NC(=S)NC5CC5)c(Cl)c4)ccnc3cc2O1. The van der Waals surface area contributed by atoms with Gasteiger partial charge in [0.05, 0.1) is 21.8 Å². The highest BCUT2D eigenvalue weighted by molar-refractivity contribution is 7.80. The van der Waals surface area contributed by atoms with E-state index in [1.165, 1.54) is 0 Å². The summed E-state index contributed by atoms with van der Waals surface area (Å²) in [6, 6.07) is 11.0. The van der Waals surface area contributed by atoms with Crippen molar-refractivity contribution < 1.29 is 14.3 Å². The van der Waals surface area contributed by atoms with Crippen molar-refractivity contribution in [2.24, 2.45) is 0 Å². The maximum absolute atomic E-state index is 12.6. The van der Waals surface area contributed by atoms with Gasteiger partial charge in [0.25, 0.3) is 5.91 Å². The molecule has 0 atom stereocenters. The van der Waals surface area contributed by atoms with E-state index in [2.05, 4.69) is 20.9 Å². The molecule has 0 spiro atoms. The zero-order chi connectivity index (χ0) is 22.5. The summed E-state index contributed by atoms with van der Waals surface area (Å²) in [6.45, 7) is 3.59. The van der Waals surface area contributed by atoms with Gasteiger partial charge in [-0.15, -0.1) is 0 Å². The Morgan fingerprint density at radius 3 is 2.84 bits per heavy atom. The maximum atomic E-state index is 12.6. The van der Waals surface area contributed by atoms with Crippen LogP contribution in [0.4, 0.5) is 5.69 Å². The average molecular weight is 469 g/mol. The summed E-state index contributed by atoms with van der Waals surface area (Å²) >= 11 is 11.8. The predicted molar refractivity (Wildman–Crippen MR) is 128 cm³/mol. The first kappa shape index (κ1) is 20.8. The normalized spacial score (nSPS) is 16.5. The Morgan fingerprint density at radius 2 is 2.09 bits per heavy atom. The molecule has 164 valence electrons. The molecule has 3 aromatic rings. The lowest BCUT2D eigenvalue weighted by molar-refractivity contribution is 0.0434. The van der Waals surface area contributed by atoms with E-state index in [9.17, 15) is 4.79 Å². The molecule has 7 nitrogen and oxygen atoms in total. The summed E-state index contributed by atoms with van der Waals surface area (Å²) in [7, 11) is 0. The first-order valence-electron chi connectivity index (χ1n) is 10.3. The molecule has 1 aliphatic carbocycles. The number of ether oxygens (including phenoxy) is 2. The number of pyridine rings is 1. The second-order valence-corrected chi connectivity index (χ2v) is 9.17. The lowest BCUT2D eigenvalue weighted by atomic mass is 10.1. The van der Waals surface area contributed by atoms with Gasteiger partial charge in [-0.05, 0) is 63.2 Å². The summed E-state index contributed by atoms with van der Waals surface area (Å²) in [5, 5.41) is 10.9. The molecule has 1 aromatic heterocycles. The lowest BCUT2D eigenvalue weighted by Crippen LogP contribution is -2.51. The minimum absolute atomic E-state index is 0.206. The Bertz CT molecular complexity index is 1260. The van der Waals surface area contributed by atoms with Crippen molar-refractivity contribution in [1.29, 1.82) is 0 Å². The van der Waals surface area contributed by atoms with Gasteiger partial charge in [0.15, 0.2) is 10.8 Å². The molecule has 2 heterocycles. The second kappa shape index (κ2) is 7.79. The van der Waals surface area contributed by atoms with Crippen LogP contribution in [0.25, 0.3) is 10.9 Å². The summed E-state index contributed by atoms with van der Waals surface area (Å²) in [6.07, 6.45) is 3.92. The van der Waals surface area contributed by atoms with Gasteiger partial charge in [-0.3, -0.25) is 9.78 Å². The minimum Gasteiger partial charge on any atom is -0.468 e. The molecular formula is C23H21ClN4O3S. The van der Waals surface area contributed by atoms with Crippen LogP contribution in [-0.4, -0.2) is 27.8 Å². The van der Waals surface area contributed by atoms with Crippen LogP contribution in [0.2, 0.25) is 5.02 Å². The first-order valence-corrected chi connectivity index (χ1v) is 11.1. The largest absolute Gasteiger partial charge is 0.468 e. The zero-order valence-electron chi connectivity index (χ0n) is 17.5. The number of carbonyl (C=O) groups is 1. The number of anilines is 1. The third-order valence-corrected chi connectivity index (χ3v) is 5.69. The summed E-state index contributed by atoms with van der Waals surface area (Å²) in [5.74, 6) is 1.39. The fraction of sp³-hybridized carbons (Fsp3) is 0.261. The number of hydrogen-bond acceptors (Lipinski definition) is 5. The number of benzene rings is 2. The third-order valence-electron chi connectivity index (χ3n) is 5.16. The quantitative estimate of drug-likeness (QED) is 0.465. The molecule has 2 aromatic carbocycles. The van der Waals surface area contributed by atoms with Crippen molar-refractivity contribution in [1.82, 2.24) is 15.6 Å². The van der Waals surface area contributed by atoms with E-state index >= 15 is 0 Å². The van der Waals surface area contributed by atoms with Crippen LogP contribution < -0.4 is 25.4 Å². The molecule has 1 aliphatic heterocycles. The molecule has 9 heteroatoms. The molecule has 0 radical (unpaired) electrons. The van der Waals surface area contributed by atoms with Crippen LogP contribution in [0.15, 0.2) is 42.6 Å². The highest BCUT2D eigenvalue weighted by Crippen LogP contribution is 2.37. The Balaban J connectivity index is 1.41. The van der Waals surface area contributed by atoms with Crippen molar-refractivity contribution in [3.63, 3.8) is 0 Å². The van der Waals surface area contributed by atoms with Crippen LogP contribution in [-0.2, 0) is 0 Å². The van der Waals surface area contributed by atoms with E-state index in [1.54, 1.807) is 50.4 Å². The van der Waals surface area contributed by atoms with Crippen molar-refractivity contribution in [3.05, 3.63) is 53.2 Å². The number of halogens is 1. The van der Waals surface area contributed by atoms with E-state index < -0.39 is 5.72 Å². The molecule has 1 saturated carbocycles. The standard InChI is InChI=1S/C23H21ClN4O3S/c1-23(2)28-21(29)15-10-14-18(11-20(15)31-23)25-8-7-19(14)30-13-5-6-17(16(24)9-13)27-22(32)26-12-3-4-12/h5-12H,3-4H2,1-2H3,(H,28,29)(H2,26,27,32). The van der Waals surface area contributed by atoms with E-state index in [0.29, 0.717) is 55.6 Å². The number of fused-ring (bicyclic) bond motifs is 2. The highest BCUT2D eigenvalue weighted by atomic mass is 35.5. The smallest absolute Gasteiger partial charge is 0.258 e. The monoisotopic (exact) mass is 468 g/mol. The molecule has 5 rings (SSSR count). The molecular weight excluding hydrogens is 448 g/mol. The van der Waals surface area contributed by atoms with Crippen molar-refractivity contribution in [2.75, 3.05) is 5.32 Å². The highest BCUT2D eigenvalue weighted by Gasteiger charge is 2.32. The van der Waals surface area contributed by atoms with E-state index in [-0.39, 0.29) is 5.91 Å². The van der Waals surface area contributed by atoms with Crippen molar-refractivity contribution >= 4 is 51.4 Å². The van der Waals surface area contributed by atoms with Crippen LogP contribution in [0.5, 0.6) is 17.2 Å². The zero-order valence-corrected chi connectivity index (χ0v) is 19.1. The lowest BCUT2D eigenvalue weighted by Gasteiger charge is -2.33. The second-order valence-electron chi connectivity index (χ2n) is 8.36. The Kier molecular flexibility index (Phi) is 5.06. The molecule has 1 fully saturated rings. The van der Waals surface area contributed by atoms with Gasteiger partial charge in [0, 0.05) is 29.8 Å². The molecule has 3 N–H and O–H groups in total. The Morgan fingerprint density at radius 1 is 1.28 bits per heavy atom. The molecule has 0 bridgehead atoms. The molecule has 2 aliphatic rings. The fourth-order valence-corrected chi connectivity index (χ4v) is 3.99. The van der Waals surface area contributed by atoms with Gasteiger partial charge in [0.1, 0.15) is 17.2 Å². The molecule has 0 saturated heterocycles. The van der Waals surface area contributed by atoms with Gasteiger partial charge in [-0.2, -0.15) is 0 Å². The van der Waals surface area contributed by atoms with Gasteiger partial charge in [0.2, 0.25) is 0 Å². The fourth-order valence-electron chi connectivity index (χ4n) is 3.50. The van der Waals surface area contributed by atoms with Crippen LogP contribution in [0.1, 0.15) is 37.0 Å². The number of carbonyl (C=O) groups excluding carboxylic acids is 1. The number of aromatic nitrogens is 1. The van der Waals surface area contributed by atoms with E-state index in [4.69, 9.17) is 33.3 Å². The van der Waals surface area contributed by atoms with Gasteiger partial charge in [-0.25, -0.2) is 0 Å². The van der Waals surface area contributed by atoms with Crippen LogP contribution in [0.3, 0.4) is 0 Å². The predicted octanol–water partition coefficient (Wildman–Crippen LogP) is 4.99. The summed E-state index contributed by atoms with van der Waals surface area (Å²) in [5.41, 5.74) is 1.01. The van der Waals surface area contributed by atoms with Gasteiger partial charge in [-0.1, -0.05) is 11.6 Å². The number of nitrogens with zero attached hydrogens (tertiary/aromatic N) is 1. The number of amides is 1. The topological polar surface area (TPSA) is 84.5 Å². The molecule has 32 heavy (non-hydrogen) atoms. The van der Waals surface area contributed by atoms with E-state index in [1.807, 2.05) is 6.07 Å². The average Bonchev–Trinajstić information content (AvgIpc) is 3.52. The van der Waals surface area contributed by atoms with Crippen LogP contribution in [0, 0.1) is 0 Å². The Labute approximate surface area is 195 Å². The van der Waals surface area contributed by atoms with E-state index in [0.717, 1.165) is 12.8 Å². The number of hydrogen-bond donors (Lipinski definition) is 3. The summed E-state index contributed by atoms with van der Waals surface area (Å²) in [4.78, 5) is 17.0. The first-order chi connectivity index (χ1) is 15.3. The Hall–Kier alpha value is -3.10. The van der Waals surface area contributed by atoms with Crippen molar-refractivity contribution in [2.45, 2.75) is 38.5 Å². The third kappa shape index (κ3) is 4.28. The number of rotatable bonds is 4. The van der Waals surface area contributed by atoms with Crippen molar-refractivity contribution in [3.8, 4) is 17.2 Å². The minimum atomic E-state index is -0.783. The number of nitrogens with one attached hydrogen (secondary N) is 3. The number of thiocarbonyl (C=S) groups is 1. The van der Waals surface area contributed by atoms with Crippen LogP contribution >= 0.6 is 23.8 Å². The molecule has 0 unspecified atom stereocenters. The maximum Gasteiger partial charge on any atom is 0.258 e.